The second-order valence-electron chi connectivity index (χ2n) is 13.4. The van der Waals surface area contributed by atoms with Gasteiger partial charge in [-0.1, -0.05) is 23.3 Å². The van der Waals surface area contributed by atoms with Crippen molar-refractivity contribution in [1.29, 1.82) is 0 Å². The standard InChI is InChI=1S/C23H31NO7.C17H20O6.Na.H/c1-15(5-7-19(25)30-13-10-24-8-11-29-12-9-24)4-6-17-21(26)20-18(14-31-23(20)27)16(2)22(17)28-3;1-9(5-7-13(18)19)4-6-11-15(20)14-12(8-23-17(14)21)10(2)16(11)22-3;;/h4,26H,5-14H2,1-3H3;4,20H,5-8H2,1-3H3,(H,18,19);;/b15-4+;9-4+;;. The number of fused-ring (bicyclic) bond motifs is 2. The van der Waals surface area contributed by atoms with Gasteiger partial charge in [-0.15, -0.1) is 0 Å². The zero-order valence-electron chi connectivity index (χ0n) is 31.9. The summed E-state index contributed by atoms with van der Waals surface area (Å²) in [4.78, 5) is 48.6. The van der Waals surface area contributed by atoms with Gasteiger partial charge in [-0.05, 0) is 64.5 Å². The van der Waals surface area contributed by atoms with Crippen molar-refractivity contribution in [2.24, 2.45) is 0 Å². The van der Waals surface area contributed by atoms with Crippen LogP contribution in [0.4, 0.5) is 0 Å². The summed E-state index contributed by atoms with van der Waals surface area (Å²) in [6.45, 7) is 12.0. The van der Waals surface area contributed by atoms with Gasteiger partial charge >= 0.3 is 53.4 Å². The summed E-state index contributed by atoms with van der Waals surface area (Å²) >= 11 is 0. The number of esters is 3. The summed E-state index contributed by atoms with van der Waals surface area (Å²) in [5.74, 6) is -1.25. The number of aromatic hydroxyl groups is 2. The number of nitrogens with zero attached hydrogens (tertiary/aromatic N) is 1. The van der Waals surface area contributed by atoms with Crippen LogP contribution < -0.4 is 9.47 Å². The van der Waals surface area contributed by atoms with E-state index in [1.807, 2.05) is 39.8 Å². The predicted octanol–water partition coefficient (Wildman–Crippen LogP) is 4.61. The number of allylic oxidation sites excluding steroid dienone is 4. The molecule has 15 heteroatoms. The fourth-order valence-corrected chi connectivity index (χ4v) is 6.60. The van der Waals surface area contributed by atoms with Gasteiger partial charge < -0.3 is 43.7 Å². The van der Waals surface area contributed by atoms with Crippen molar-refractivity contribution in [2.75, 3.05) is 53.7 Å². The molecule has 3 N–H and O–H groups in total. The van der Waals surface area contributed by atoms with Crippen molar-refractivity contribution in [3.8, 4) is 23.0 Å². The van der Waals surface area contributed by atoms with Crippen LogP contribution >= 0.6 is 0 Å². The number of aliphatic carboxylic acids is 1. The first-order valence-corrected chi connectivity index (χ1v) is 17.9. The first-order valence-electron chi connectivity index (χ1n) is 17.9. The van der Waals surface area contributed by atoms with Crippen LogP contribution in [0.2, 0.25) is 0 Å². The van der Waals surface area contributed by atoms with Gasteiger partial charge in [0.1, 0.15) is 53.9 Å². The summed E-state index contributed by atoms with van der Waals surface area (Å²) in [6.07, 6.45) is 5.86. The second kappa shape index (κ2) is 21.3. The Morgan fingerprint density at radius 2 is 1.22 bits per heavy atom. The second-order valence-corrected chi connectivity index (χ2v) is 13.4. The van der Waals surface area contributed by atoms with E-state index in [1.165, 1.54) is 7.11 Å². The average Bonchev–Trinajstić information content (AvgIpc) is 3.75. The molecule has 0 amide bonds. The number of ether oxygens (including phenoxy) is 6. The van der Waals surface area contributed by atoms with Gasteiger partial charge in [-0.2, -0.15) is 0 Å². The molecule has 296 valence electrons. The van der Waals surface area contributed by atoms with Gasteiger partial charge in [0, 0.05) is 54.7 Å². The number of cyclic esters (lactones) is 2. The van der Waals surface area contributed by atoms with Gasteiger partial charge in [0.2, 0.25) is 0 Å². The molecule has 14 nitrogen and oxygen atoms in total. The Balaban J connectivity index is 0.000000303. The first kappa shape index (κ1) is 45.3. The average molecular weight is 778 g/mol. The molecule has 55 heavy (non-hydrogen) atoms. The number of phenolic OH excluding ortho intramolecular Hbond substituents is 2. The minimum atomic E-state index is -0.853. The molecule has 0 aromatic heterocycles. The summed E-state index contributed by atoms with van der Waals surface area (Å²) < 4.78 is 31.6. The SMILES string of the molecule is COc1c(C)c2c(c(O)c1C/C=C(\C)CCC(=O)O)C(=O)OC2.COc1c(C)c2c(c(O)c1C/C=C(\C)CCC(=O)OCCN1CCOCC1)C(=O)OC2.[NaH]. The van der Waals surface area contributed by atoms with E-state index in [0.29, 0.717) is 72.5 Å². The molecule has 1 fully saturated rings. The Morgan fingerprint density at radius 1 is 0.764 bits per heavy atom. The molecule has 0 aliphatic carbocycles. The summed E-state index contributed by atoms with van der Waals surface area (Å²) in [7, 11) is 3.05. The number of carbonyl (C=O) groups is 4. The van der Waals surface area contributed by atoms with Crippen molar-refractivity contribution in [1.82, 2.24) is 4.90 Å². The van der Waals surface area contributed by atoms with Crippen LogP contribution in [-0.2, 0) is 54.6 Å². The molecule has 0 radical (unpaired) electrons. The van der Waals surface area contributed by atoms with E-state index in [9.17, 15) is 29.4 Å². The molecule has 0 unspecified atom stereocenters. The molecular weight excluding hydrogens is 725 g/mol. The number of hydrogen-bond acceptors (Lipinski definition) is 13. The number of methoxy groups -OCH3 is 2. The Morgan fingerprint density at radius 3 is 1.65 bits per heavy atom. The topological polar surface area (TPSA) is 188 Å². The molecule has 2 aromatic rings. The van der Waals surface area contributed by atoms with Crippen LogP contribution in [0.5, 0.6) is 23.0 Å². The third-order valence-electron chi connectivity index (χ3n) is 9.84. The third-order valence-corrected chi connectivity index (χ3v) is 9.84. The van der Waals surface area contributed by atoms with E-state index in [2.05, 4.69) is 4.90 Å². The number of morpholine rings is 1. The van der Waals surface area contributed by atoms with Crippen LogP contribution in [-0.4, -0.2) is 127 Å². The molecule has 5 rings (SSSR count). The maximum absolute atomic E-state index is 12.0. The van der Waals surface area contributed by atoms with Crippen LogP contribution in [0, 0.1) is 13.8 Å². The number of carboxylic acids is 1. The fourth-order valence-electron chi connectivity index (χ4n) is 6.60. The van der Waals surface area contributed by atoms with Gasteiger partial charge in [0.05, 0.1) is 27.4 Å². The first-order chi connectivity index (χ1) is 25.8. The number of carbonyl (C=O) groups excluding carboxylic acids is 3. The number of phenols is 2. The van der Waals surface area contributed by atoms with Crippen LogP contribution in [0.25, 0.3) is 0 Å². The fraction of sp³-hybridized carbons (Fsp3) is 0.500. The molecule has 0 bridgehead atoms. The number of benzene rings is 2. The Hall–Kier alpha value is -4.08. The molecule has 3 aliphatic heterocycles. The van der Waals surface area contributed by atoms with E-state index < -0.39 is 17.9 Å². The molecule has 2 aromatic carbocycles. The third kappa shape index (κ3) is 11.5. The van der Waals surface area contributed by atoms with Gasteiger partial charge in [-0.25, -0.2) is 9.59 Å². The Kier molecular flexibility index (Phi) is 17.5. The monoisotopic (exact) mass is 777 g/mol. The normalized spacial score (nSPS) is 15.2. The van der Waals surface area contributed by atoms with Crippen LogP contribution in [0.3, 0.4) is 0 Å². The van der Waals surface area contributed by atoms with Crippen molar-refractivity contribution in [2.45, 2.75) is 79.4 Å². The molecule has 0 spiro atoms. The van der Waals surface area contributed by atoms with Crippen molar-refractivity contribution < 1.29 is 62.9 Å². The number of hydrogen-bond donors (Lipinski definition) is 3. The molecule has 1 saturated heterocycles. The van der Waals surface area contributed by atoms with Gasteiger partial charge in [0.15, 0.2) is 0 Å². The maximum atomic E-state index is 12.0. The van der Waals surface area contributed by atoms with Gasteiger partial charge in [0.25, 0.3) is 0 Å². The van der Waals surface area contributed by atoms with E-state index in [0.717, 1.165) is 55.1 Å². The van der Waals surface area contributed by atoms with Crippen LogP contribution in [0.15, 0.2) is 23.3 Å². The van der Waals surface area contributed by atoms with Gasteiger partial charge in [-0.3, -0.25) is 14.5 Å². The van der Waals surface area contributed by atoms with Crippen LogP contribution in [0.1, 0.15) is 93.6 Å². The van der Waals surface area contributed by atoms with Crippen molar-refractivity contribution in [3.63, 3.8) is 0 Å². The van der Waals surface area contributed by atoms with E-state index >= 15 is 0 Å². The molecular formula is C40H52NNaO13. The van der Waals surface area contributed by atoms with E-state index in [4.69, 9.17) is 33.5 Å². The van der Waals surface area contributed by atoms with Crippen molar-refractivity contribution >= 4 is 53.4 Å². The molecule has 0 saturated carbocycles. The summed E-state index contributed by atoms with van der Waals surface area (Å²) in [5, 5.41) is 29.8. The zero-order chi connectivity index (χ0) is 39.5. The Bertz CT molecular complexity index is 1810. The number of carboxylic acid groups (broad SMARTS) is 1. The van der Waals surface area contributed by atoms with E-state index in [-0.39, 0.29) is 77.8 Å². The van der Waals surface area contributed by atoms with E-state index in [1.54, 1.807) is 7.11 Å². The summed E-state index contributed by atoms with van der Waals surface area (Å²) in [6, 6.07) is 0. The number of rotatable bonds is 15. The summed E-state index contributed by atoms with van der Waals surface area (Å²) in [5.41, 5.74) is 6.27. The quantitative estimate of drug-likeness (QED) is 0.0985. The molecule has 0 atom stereocenters. The molecule has 3 heterocycles. The predicted molar refractivity (Wildman–Crippen MR) is 203 cm³/mol. The Labute approximate surface area is 343 Å². The minimum absolute atomic E-state index is 0. The molecule has 3 aliphatic rings. The zero-order valence-corrected chi connectivity index (χ0v) is 31.9. The van der Waals surface area contributed by atoms with Crippen molar-refractivity contribution in [3.05, 3.63) is 67.8 Å².